The van der Waals surface area contributed by atoms with Crippen LogP contribution < -0.4 is 5.32 Å². The number of carbonyl (C=O) groups is 1. The highest BCUT2D eigenvalue weighted by molar-refractivity contribution is 7.90. The fourth-order valence-corrected chi connectivity index (χ4v) is 4.40. The van der Waals surface area contributed by atoms with Crippen LogP contribution in [-0.4, -0.2) is 32.1 Å². The van der Waals surface area contributed by atoms with Crippen molar-refractivity contribution < 1.29 is 13.2 Å². The van der Waals surface area contributed by atoms with Crippen molar-refractivity contribution in [3.05, 3.63) is 60.2 Å². The van der Waals surface area contributed by atoms with Gasteiger partial charge in [-0.15, -0.1) is 4.40 Å². The standard InChI is InChI=1S/C21H25N3O3S/c1-21(2,14-20(25)24(3)15-16-9-5-4-6-10-16)13-19-22-17-11-7-8-12-18(17)28(26,27)23-19/h4-12H,13-15H2,1-3H3,(H,22,23). The number of sulfonamides is 1. The first-order valence-electron chi connectivity index (χ1n) is 9.14. The normalized spacial score (nSPS) is 15.2. The quantitative estimate of drug-likeness (QED) is 0.804. The second kappa shape index (κ2) is 7.75. The summed E-state index contributed by atoms with van der Waals surface area (Å²) in [6.07, 6.45) is 0.643. The number of hydrogen-bond acceptors (Lipinski definition) is 4. The molecule has 148 valence electrons. The van der Waals surface area contributed by atoms with Crippen molar-refractivity contribution >= 4 is 27.5 Å². The molecule has 2 aromatic carbocycles. The molecule has 0 saturated heterocycles. The number of benzene rings is 2. The number of amides is 1. The molecule has 0 bridgehead atoms. The third kappa shape index (κ3) is 4.78. The molecule has 1 heterocycles. The van der Waals surface area contributed by atoms with Crippen LogP contribution in [-0.2, 0) is 21.4 Å². The van der Waals surface area contributed by atoms with Gasteiger partial charge in [0.05, 0.1) is 5.69 Å². The molecule has 0 unspecified atom stereocenters. The molecule has 0 aliphatic carbocycles. The lowest BCUT2D eigenvalue weighted by Crippen LogP contribution is -2.33. The minimum atomic E-state index is -3.72. The Morgan fingerprint density at radius 1 is 1.07 bits per heavy atom. The zero-order valence-corrected chi connectivity index (χ0v) is 17.2. The lowest BCUT2D eigenvalue weighted by Gasteiger charge is -2.29. The minimum absolute atomic E-state index is 0.00789. The molecule has 0 saturated carbocycles. The number of nitrogens with one attached hydrogen (secondary N) is 1. The van der Waals surface area contributed by atoms with Crippen LogP contribution in [0.4, 0.5) is 5.69 Å². The predicted molar refractivity (Wildman–Crippen MR) is 111 cm³/mol. The largest absolute Gasteiger partial charge is 0.342 e. The van der Waals surface area contributed by atoms with Gasteiger partial charge in [-0.25, -0.2) is 0 Å². The maximum Gasteiger partial charge on any atom is 0.286 e. The van der Waals surface area contributed by atoms with Crippen molar-refractivity contribution in [2.24, 2.45) is 9.81 Å². The van der Waals surface area contributed by atoms with Crippen molar-refractivity contribution in [1.82, 2.24) is 4.90 Å². The van der Waals surface area contributed by atoms with E-state index in [4.69, 9.17) is 0 Å². The molecule has 2 aromatic rings. The number of carbonyl (C=O) groups excluding carboxylic acids is 1. The summed E-state index contributed by atoms with van der Waals surface area (Å²) >= 11 is 0. The Bertz CT molecular complexity index is 999. The van der Waals surface area contributed by atoms with E-state index >= 15 is 0 Å². The van der Waals surface area contributed by atoms with Gasteiger partial charge < -0.3 is 10.2 Å². The average molecular weight is 400 g/mol. The van der Waals surface area contributed by atoms with Crippen LogP contribution in [0.2, 0.25) is 0 Å². The number of amidine groups is 1. The summed E-state index contributed by atoms with van der Waals surface area (Å²) in [7, 11) is -1.94. The monoisotopic (exact) mass is 399 g/mol. The van der Waals surface area contributed by atoms with Gasteiger partial charge >= 0.3 is 0 Å². The summed E-state index contributed by atoms with van der Waals surface area (Å²) in [5, 5.41) is 3.10. The third-order valence-corrected chi connectivity index (χ3v) is 6.01. The number of para-hydroxylation sites is 1. The number of rotatable bonds is 6. The number of fused-ring (bicyclic) bond motifs is 1. The molecule has 0 radical (unpaired) electrons. The predicted octanol–water partition coefficient (Wildman–Crippen LogP) is 3.66. The number of anilines is 1. The van der Waals surface area contributed by atoms with E-state index in [9.17, 15) is 13.2 Å². The summed E-state index contributed by atoms with van der Waals surface area (Å²) in [6, 6.07) is 16.5. The molecule has 1 amide bonds. The highest BCUT2D eigenvalue weighted by Gasteiger charge is 2.30. The van der Waals surface area contributed by atoms with Crippen molar-refractivity contribution in [1.29, 1.82) is 0 Å². The summed E-state index contributed by atoms with van der Waals surface area (Å²) in [4.78, 5) is 14.5. The SMILES string of the molecule is CN(Cc1ccccc1)C(=O)CC(C)(C)CC1=NS(=O)(=O)c2ccccc2N1. The van der Waals surface area contributed by atoms with Crippen molar-refractivity contribution in [2.45, 2.75) is 38.1 Å². The van der Waals surface area contributed by atoms with Crippen LogP contribution in [0.25, 0.3) is 0 Å². The van der Waals surface area contributed by atoms with E-state index in [1.807, 2.05) is 44.2 Å². The summed E-state index contributed by atoms with van der Waals surface area (Å²) < 4.78 is 28.7. The Morgan fingerprint density at radius 2 is 1.71 bits per heavy atom. The van der Waals surface area contributed by atoms with Gasteiger partial charge in [0.25, 0.3) is 10.0 Å². The van der Waals surface area contributed by atoms with Crippen molar-refractivity contribution in [3.63, 3.8) is 0 Å². The van der Waals surface area contributed by atoms with Gasteiger partial charge in [0.1, 0.15) is 10.7 Å². The Hall–Kier alpha value is -2.67. The first-order valence-corrected chi connectivity index (χ1v) is 10.6. The van der Waals surface area contributed by atoms with E-state index in [-0.39, 0.29) is 10.8 Å². The fourth-order valence-electron chi connectivity index (χ4n) is 3.25. The first kappa shape index (κ1) is 20.1. The van der Waals surface area contributed by atoms with Crippen LogP contribution in [0.15, 0.2) is 63.9 Å². The van der Waals surface area contributed by atoms with E-state index in [0.29, 0.717) is 30.9 Å². The highest BCUT2D eigenvalue weighted by Crippen LogP contribution is 2.32. The summed E-state index contributed by atoms with van der Waals surface area (Å²) in [6.45, 7) is 4.42. The van der Waals surface area contributed by atoms with Gasteiger partial charge in [-0.1, -0.05) is 56.3 Å². The van der Waals surface area contributed by atoms with Gasteiger partial charge in [0.15, 0.2) is 0 Å². The second-order valence-corrected chi connectivity index (χ2v) is 9.46. The molecule has 0 spiro atoms. The molecule has 7 heteroatoms. The van der Waals surface area contributed by atoms with E-state index in [1.54, 1.807) is 30.1 Å². The van der Waals surface area contributed by atoms with Gasteiger partial charge in [-0.05, 0) is 23.1 Å². The lowest BCUT2D eigenvalue weighted by atomic mass is 9.84. The molecule has 28 heavy (non-hydrogen) atoms. The molecule has 1 aliphatic heterocycles. The third-order valence-electron chi connectivity index (χ3n) is 4.64. The molecule has 0 fully saturated rings. The summed E-state index contributed by atoms with van der Waals surface area (Å²) in [5.41, 5.74) is 1.14. The van der Waals surface area contributed by atoms with Crippen LogP contribution in [0.5, 0.6) is 0 Å². The number of nitrogens with zero attached hydrogens (tertiary/aromatic N) is 2. The average Bonchev–Trinajstić information content (AvgIpc) is 2.61. The van der Waals surface area contributed by atoms with Crippen LogP contribution in [0.1, 0.15) is 32.3 Å². The Balaban J connectivity index is 1.67. The van der Waals surface area contributed by atoms with Crippen molar-refractivity contribution in [3.8, 4) is 0 Å². The molecule has 0 atom stereocenters. The minimum Gasteiger partial charge on any atom is -0.342 e. The van der Waals surface area contributed by atoms with Crippen molar-refractivity contribution in [2.75, 3.05) is 12.4 Å². The van der Waals surface area contributed by atoms with Gasteiger partial charge in [-0.2, -0.15) is 8.42 Å². The zero-order valence-electron chi connectivity index (χ0n) is 16.3. The molecular formula is C21H25N3O3S. The molecule has 1 N–H and O–H groups in total. The molecular weight excluding hydrogens is 374 g/mol. The van der Waals surface area contributed by atoms with Crippen LogP contribution in [0, 0.1) is 5.41 Å². The highest BCUT2D eigenvalue weighted by atomic mass is 32.2. The molecule has 1 aliphatic rings. The topological polar surface area (TPSA) is 78.8 Å². The first-order chi connectivity index (χ1) is 13.2. The maximum atomic E-state index is 12.7. The maximum absolute atomic E-state index is 12.7. The number of hydrogen-bond donors (Lipinski definition) is 1. The second-order valence-electron chi connectivity index (χ2n) is 7.89. The molecule has 3 rings (SSSR count). The smallest absolute Gasteiger partial charge is 0.286 e. The molecule has 0 aromatic heterocycles. The van der Waals surface area contributed by atoms with Gasteiger partial charge in [0.2, 0.25) is 5.91 Å². The van der Waals surface area contributed by atoms with E-state index in [1.165, 1.54) is 6.07 Å². The van der Waals surface area contributed by atoms with E-state index in [0.717, 1.165) is 5.56 Å². The van der Waals surface area contributed by atoms with Gasteiger partial charge in [-0.3, -0.25) is 4.79 Å². The van der Waals surface area contributed by atoms with Crippen LogP contribution >= 0.6 is 0 Å². The summed E-state index contributed by atoms with van der Waals surface area (Å²) in [5.74, 6) is 0.371. The Labute approximate surface area is 166 Å². The Kier molecular flexibility index (Phi) is 5.56. The lowest BCUT2D eigenvalue weighted by molar-refractivity contribution is -0.132. The molecule has 6 nitrogen and oxygen atoms in total. The van der Waals surface area contributed by atoms with E-state index in [2.05, 4.69) is 9.71 Å². The zero-order chi connectivity index (χ0) is 20.4. The van der Waals surface area contributed by atoms with Crippen LogP contribution in [0.3, 0.4) is 0 Å². The Morgan fingerprint density at radius 3 is 2.43 bits per heavy atom. The van der Waals surface area contributed by atoms with E-state index < -0.39 is 15.4 Å². The fraction of sp³-hybridized carbons (Fsp3) is 0.333. The van der Waals surface area contributed by atoms with Gasteiger partial charge in [0, 0.05) is 26.4 Å².